The molecule has 0 spiro atoms. The second-order valence-corrected chi connectivity index (χ2v) is 7.29. The van der Waals surface area contributed by atoms with Gasteiger partial charge < -0.3 is 9.80 Å². The minimum atomic E-state index is -0.335. The molecule has 2 aromatic rings. The number of anilines is 2. The van der Waals surface area contributed by atoms with Crippen molar-refractivity contribution in [3.63, 3.8) is 0 Å². The van der Waals surface area contributed by atoms with E-state index in [1.807, 2.05) is 23.6 Å². The third-order valence-corrected chi connectivity index (χ3v) is 4.97. The predicted molar refractivity (Wildman–Crippen MR) is 97.3 cm³/mol. The largest absolute Gasteiger partial charge is 0.351 e. The molecule has 1 aliphatic heterocycles. The van der Waals surface area contributed by atoms with E-state index in [2.05, 4.69) is 19.9 Å². The van der Waals surface area contributed by atoms with Crippen LogP contribution in [0.4, 0.5) is 16.2 Å². The maximum Gasteiger partial charge on any atom is 0.252 e. The maximum absolute atomic E-state index is 14.7. The number of aromatic amines is 1. The average Bonchev–Trinajstić information content (AvgIpc) is 3.46. The van der Waals surface area contributed by atoms with E-state index in [1.54, 1.807) is 6.07 Å². The molecule has 1 aliphatic carbocycles. The van der Waals surface area contributed by atoms with E-state index in [4.69, 9.17) is 0 Å². The van der Waals surface area contributed by atoms with E-state index < -0.39 is 0 Å². The normalized spacial score (nSPS) is 17.8. The van der Waals surface area contributed by atoms with Gasteiger partial charge in [-0.3, -0.25) is 9.78 Å². The van der Waals surface area contributed by atoms with Crippen LogP contribution >= 0.6 is 0 Å². The van der Waals surface area contributed by atoms with E-state index in [0.29, 0.717) is 49.6 Å². The SMILES string of the molecule is CC(C)c1ncnc(N2CCN(c3nc(C4CC4)cc(=O)[nH]3)CC2)c1F. The highest BCUT2D eigenvalue weighted by atomic mass is 19.1. The molecule has 2 aromatic heterocycles. The zero-order chi connectivity index (χ0) is 18.3. The number of piperazine rings is 1. The molecule has 0 amide bonds. The third-order valence-electron chi connectivity index (χ3n) is 4.97. The Morgan fingerprint density at radius 1 is 1.15 bits per heavy atom. The van der Waals surface area contributed by atoms with Crippen LogP contribution in [0.5, 0.6) is 0 Å². The third kappa shape index (κ3) is 3.27. The summed E-state index contributed by atoms with van der Waals surface area (Å²) < 4.78 is 14.7. The second-order valence-electron chi connectivity index (χ2n) is 7.29. The van der Waals surface area contributed by atoms with Crippen LogP contribution in [0.15, 0.2) is 17.2 Å². The van der Waals surface area contributed by atoms with Crippen molar-refractivity contribution in [1.82, 2.24) is 19.9 Å². The first kappa shape index (κ1) is 16.9. The first-order chi connectivity index (χ1) is 12.5. The summed E-state index contributed by atoms with van der Waals surface area (Å²) in [6.45, 7) is 6.37. The molecule has 2 aliphatic rings. The lowest BCUT2D eigenvalue weighted by atomic mass is 10.1. The molecule has 1 saturated carbocycles. The van der Waals surface area contributed by atoms with Crippen molar-refractivity contribution in [2.24, 2.45) is 0 Å². The molecule has 0 aromatic carbocycles. The van der Waals surface area contributed by atoms with Gasteiger partial charge in [-0.25, -0.2) is 19.3 Å². The molecule has 26 heavy (non-hydrogen) atoms. The van der Waals surface area contributed by atoms with Gasteiger partial charge in [-0.05, 0) is 18.8 Å². The molecule has 7 nitrogen and oxygen atoms in total. The van der Waals surface area contributed by atoms with Gasteiger partial charge in [0.25, 0.3) is 5.56 Å². The van der Waals surface area contributed by atoms with Gasteiger partial charge in [-0.1, -0.05) is 13.8 Å². The summed E-state index contributed by atoms with van der Waals surface area (Å²) in [5.41, 5.74) is 1.22. The molecular formula is C18H23FN6O. The van der Waals surface area contributed by atoms with E-state index in [0.717, 1.165) is 18.5 Å². The fraction of sp³-hybridized carbons (Fsp3) is 0.556. The Morgan fingerprint density at radius 3 is 2.50 bits per heavy atom. The van der Waals surface area contributed by atoms with Gasteiger partial charge in [-0.2, -0.15) is 0 Å². The predicted octanol–water partition coefficient (Wildman–Crippen LogP) is 2.03. The van der Waals surface area contributed by atoms with E-state index in [1.165, 1.54) is 6.33 Å². The highest BCUT2D eigenvalue weighted by molar-refractivity contribution is 5.45. The summed E-state index contributed by atoms with van der Waals surface area (Å²) in [5.74, 6) is 1.08. The van der Waals surface area contributed by atoms with Crippen molar-refractivity contribution >= 4 is 11.8 Å². The van der Waals surface area contributed by atoms with Gasteiger partial charge in [-0.15, -0.1) is 0 Å². The van der Waals surface area contributed by atoms with Gasteiger partial charge in [0, 0.05) is 38.2 Å². The van der Waals surface area contributed by atoms with Gasteiger partial charge in [0.15, 0.2) is 11.6 Å². The Kier molecular flexibility index (Phi) is 4.34. The first-order valence-electron chi connectivity index (χ1n) is 9.14. The summed E-state index contributed by atoms with van der Waals surface area (Å²) in [7, 11) is 0. The van der Waals surface area contributed by atoms with Crippen molar-refractivity contribution < 1.29 is 4.39 Å². The minimum Gasteiger partial charge on any atom is -0.351 e. The number of hydrogen-bond acceptors (Lipinski definition) is 6. The number of nitrogens with zero attached hydrogens (tertiary/aromatic N) is 5. The van der Waals surface area contributed by atoms with Crippen LogP contribution in [0.1, 0.15) is 49.9 Å². The average molecular weight is 358 g/mol. The maximum atomic E-state index is 14.7. The topological polar surface area (TPSA) is 78.0 Å². The highest BCUT2D eigenvalue weighted by Crippen LogP contribution is 2.38. The van der Waals surface area contributed by atoms with Crippen LogP contribution in [0.3, 0.4) is 0 Å². The van der Waals surface area contributed by atoms with Crippen LogP contribution in [0, 0.1) is 5.82 Å². The van der Waals surface area contributed by atoms with E-state index in [9.17, 15) is 9.18 Å². The summed E-state index contributed by atoms with van der Waals surface area (Å²) in [4.78, 5) is 31.6. The van der Waals surface area contributed by atoms with Crippen molar-refractivity contribution in [3.8, 4) is 0 Å². The van der Waals surface area contributed by atoms with Crippen LogP contribution in [-0.2, 0) is 0 Å². The fourth-order valence-electron chi connectivity index (χ4n) is 3.33. The van der Waals surface area contributed by atoms with Gasteiger partial charge >= 0.3 is 0 Å². The molecule has 0 bridgehead atoms. The smallest absolute Gasteiger partial charge is 0.252 e. The van der Waals surface area contributed by atoms with Crippen molar-refractivity contribution in [2.75, 3.05) is 36.0 Å². The van der Waals surface area contributed by atoms with Crippen LogP contribution in [0.2, 0.25) is 0 Å². The zero-order valence-corrected chi connectivity index (χ0v) is 15.1. The monoisotopic (exact) mass is 358 g/mol. The molecule has 138 valence electrons. The van der Waals surface area contributed by atoms with Crippen LogP contribution in [0.25, 0.3) is 0 Å². The first-order valence-corrected chi connectivity index (χ1v) is 9.14. The highest BCUT2D eigenvalue weighted by Gasteiger charge is 2.28. The molecule has 2 fully saturated rings. The lowest BCUT2D eigenvalue weighted by molar-refractivity contribution is 0.555. The Balaban J connectivity index is 1.50. The zero-order valence-electron chi connectivity index (χ0n) is 15.1. The molecule has 3 heterocycles. The summed E-state index contributed by atoms with van der Waals surface area (Å²) in [6.07, 6.45) is 3.64. The van der Waals surface area contributed by atoms with Crippen LogP contribution < -0.4 is 15.4 Å². The standard InChI is InChI=1S/C18H23FN6O/c1-11(2)16-15(19)17(21-10-20-16)24-5-7-25(8-6-24)18-22-13(12-3-4-12)9-14(26)23-18/h9-12H,3-8H2,1-2H3,(H,22,23,26). The number of aromatic nitrogens is 4. The Bertz CT molecular complexity index is 855. The molecule has 0 unspecified atom stereocenters. The van der Waals surface area contributed by atoms with Gasteiger partial charge in [0.2, 0.25) is 5.95 Å². The number of hydrogen-bond donors (Lipinski definition) is 1. The summed E-state index contributed by atoms with van der Waals surface area (Å²) in [5, 5.41) is 0. The van der Waals surface area contributed by atoms with Crippen molar-refractivity contribution in [1.29, 1.82) is 0 Å². The lowest BCUT2D eigenvalue weighted by Gasteiger charge is -2.35. The minimum absolute atomic E-state index is 0.0116. The fourth-order valence-corrected chi connectivity index (χ4v) is 3.33. The number of nitrogens with one attached hydrogen (secondary N) is 1. The van der Waals surface area contributed by atoms with Crippen LogP contribution in [-0.4, -0.2) is 46.1 Å². The molecule has 8 heteroatoms. The van der Waals surface area contributed by atoms with Gasteiger partial charge in [0.1, 0.15) is 6.33 Å². The number of H-pyrrole nitrogens is 1. The van der Waals surface area contributed by atoms with E-state index >= 15 is 0 Å². The molecule has 1 N–H and O–H groups in total. The second kappa shape index (κ2) is 6.66. The van der Waals surface area contributed by atoms with E-state index in [-0.39, 0.29) is 17.3 Å². The molecule has 1 saturated heterocycles. The molecule has 0 radical (unpaired) electrons. The molecule has 0 atom stereocenters. The Labute approximate surface area is 151 Å². The summed E-state index contributed by atoms with van der Waals surface area (Å²) >= 11 is 0. The Hall–Kier alpha value is -2.51. The number of halogens is 1. The summed E-state index contributed by atoms with van der Waals surface area (Å²) in [6, 6.07) is 1.60. The van der Waals surface area contributed by atoms with Crippen molar-refractivity contribution in [3.05, 3.63) is 40.0 Å². The van der Waals surface area contributed by atoms with Crippen molar-refractivity contribution in [2.45, 2.75) is 38.5 Å². The molecular weight excluding hydrogens is 335 g/mol. The quantitative estimate of drug-likeness (QED) is 0.901. The Morgan fingerprint density at radius 2 is 1.85 bits per heavy atom. The van der Waals surface area contributed by atoms with Gasteiger partial charge in [0.05, 0.1) is 11.4 Å². The lowest BCUT2D eigenvalue weighted by Crippen LogP contribution is -2.48. The molecule has 4 rings (SSSR count). The number of rotatable bonds is 4.